The van der Waals surface area contributed by atoms with Crippen LogP contribution in [0.2, 0.25) is 5.02 Å². The summed E-state index contributed by atoms with van der Waals surface area (Å²) in [4.78, 5) is 7.05. The lowest BCUT2D eigenvalue weighted by atomic mass is 10.0. The fourth-order valence-corrected chi connectivity index (χ4v) is 4.11. The Hall–Kier alpha value is -2.19. The largest absolute Gasteiger partial charge is 0.357 e. The van der Waals surface area contributed by atoms with Gasteiger partial charge in [0.25, 0.3) is 0 Å². The zero-order valence-corrected chi connectivity index (χ0v) is 18.5. The Morgan fingerprint density at radius 3 is 2.77 bits per heavy atom. The normalized spacial score (nSPS) is 16.1. The van der Waals surface area contributed by atoms with E-state index in [0.29, 0.717) is 29.6 Å². The number of nitrogens with zero attached hydrogens (tertiary/aromatic N) is 5. The van der Waals surface area contributed by atoms with Gasteiger partial charge >= 0.3 is 0 Å². The minimum absolute atomic E-state index is 0.179. The molecule has 3 rings (SSSR count). The van der Waals surface area contributed by atoms with E-state index in [2.05, 4.69) is 32.7 Å². The molecule has 30 heavy (non-hydrogen) atoms. The Labute approximate surface area is 182 Å². The maximum Gasteiger partial charge on any atom is 0.191 e. The molecule has 1 unspecified atom stereocenters. The minimum Gasteiger partial charge on any atom is -0.357 e. The van der Waals surface area contributed by atoms with Crippen molar-refractivity contribution < 1.29 is 4.39 Å². The molecule has 1 aromatic heterocycles. The van der Waals surface area contributed by atoms with E-state index >= 15 is 0 Å². The first-order chi connectivity index (χ1) is 14.6. The van der Waals surface area contributed by atoms with Crippen molar-refractivity contribution in [2.75, 3.05) is 32.7 Å². The van der Waals surface area contributed by atoms with Crippen molar-refractivity contribution in [1.29, 1.82) is 0 Å². The molecular formula is C21H31ClFN7. The molecule has 2 aromatic rings. The quantitative estimate of drug-likeness (QED) is 0.468. The summed E-state index contributed by atoms with van der Waals surface area (Å²) in [6, 6.07) is 4.69. The van der Waals surface area contributed by atoms with Crippen molar-refractivity contribution in [3.8, 4) is 0 Å². The highest BCUT2D eigenvalue weighted by Crippen LogP contribution is 2.32. The van der Waals surface area contributed by atoms with Crippen LogP contribution < -0.4 is 10.6 Å². The molecule has 164 valence electrons. The summed E-state index contributed by atoms with van der Waals surface area (Å²) in [6.45, 7) is 8.56. The van der Waals surface area contributed by atoms with Gasteiger partial charge in [0, 0.05) is 36.6 Å². The number of aromatic nitrogens is 3. The van der Waals surface area contributed by atoms with E-state index in [9.17, 15) is 4.39 Å². The van der Waals surface area contributed by atoms with Crippen molar-refractivity contribution >= 4 is 17.6 Å². The van der Waals surface area contributed by atoms with Gasteiger partial charge in [-0.05, 0) is 45.0 Å². The summed E-state index contributed by atoms with van der Waals surface area (Å²) in [6.07, 6.45) is 4.82. The van der Waals surface area contributed by atoms with Crippen molar-refractivity contribution in [2.24, 2.45) is 4.99 Å². The van der Waals surface area contributed by atoms with E-state index < -0.39 is 0 Å². The van der Waals surface area contributed by atoms with E-state index in [1.54, 1.807) is 18.5 Å². The van der Waals surface area contributed by atoms with Gasteiger partial charge in [-0.3, -0.25) is 9.89 Å². The highest BCUT2D eigenvalue weighted by Gasteiger charge is 2.27. The average molecular weight is 436 g/mol. The summed E-state index contributed by atoms with van der Waals surface area (Å²) in [5.41, 5.74) is 0.540. The molecule has 0 bridgehead atoms. The van der Waals surface area contributed by atoms with Gasteiger partial charge in [0.1, 0.15) is 18.0 Å². The van der Waals surface area contributed by atoms with Crippen LogP contribution in [0.3, 0.4) is 0 Å². The maximum atomic E-state index is 14.7. The van der Waals surface area contributed by atoms with Gasteiger partial charge in [0.2, 0.25) is 0 Å². The van der Waals surface area contributed by atoms with Gasteiger partial charge in [-0.15, -0.1) is 10.2 Å². The van der Waals surface area contributed by atoms with Crippen LogP contribution in [0.15, 0.2) is 29.5 Å². The molecule has 0 spiro atoms. The van der Waals surface area contributed by atoms with Crippen LogP contribution in [0.1, 0.15) is 44.1 Å². The molecule has 1 aromatic carbocycles. The molecule has 1 saturated heterocycles. The summed E-state index contributed by atoms with van der Waals surface area (Å²) in [7, 11) is 0. The molecule has 0 radical (unpaired) electrons. The summed E-state index contributed by atoms with van der Waals surface area (Å²) >= 11 is 6.39. The molecule has 0 amide bonds. The standard InChI is InChI=1S/C21H31ClFN7/c1-3-19-28-27-15-30(19)13-10-25-21(24-4-2)26-14-18(29-11-5-6-12-29)20-16(22)8-7-9-17(20)23/h7-9,15,18H,3-6,10-14H2,1-2H3,(H2,24,25,26). The fraction of sp³-hybridized carbons (Fsp3) is 0.571. The van der Waals surface area contributed by atoms with Gasteiger partial charge < -0.3 is 15.2 Å². The molecule has 1 atom stereocenters. The van der Waals surface area contributed by atoms with E-state index in [1.807, 2.05) is 11.5 Å². The zero-order valence-electron chi connectivity index (χ0n) is 17.7. The topological polar surface area (TPSA) is 70.4 Å². The number of nitrogens with one attached hydrogen (secondary N) is 2. The van der Waals surface area contributed by atoms with Gasteiger partial charge in [0.15, 0.2) is 5.96 Å². The second-order valence-corrected chi connectivity index (χ2v) is 7.74. The lowest BCUT2D eigenvalue weighted by Crippen LogP contribution is -2.40. The Morgan fingerprint density at radius 2 is 2.07 bits per heavy atom. The van der Waals surface area contributed by atoms with E-state index in [1.165, 1.54) is 6.07 Å². The monoisotopic (exact) mass is 435 g/mol. The lowest BCUT2D eigenvalue weighted by molar-refractivity contribution is 0.246. The van der Waals surface area contributed by atoms with E-state index in [0.717, 1.165) is 51.3 Å². The highest BCUT2D eigenvalue weighted by molar-refractivity contribution is 6.31. The predicted molar refractivity (Wildman–Crippen MR) is 118 cm³/mol. The Kier molecular flexibility index (Phi) is 8.45. The van der Waals surface area contributed by atoms with Gasteiger partial charge in [-0.25, -0.2) is 4.39 Å². The third-order valence-corrected chi connectivity index (χ3v) is 5.67. The lowest BCUT2D eigenvalue weighted by Gasteiger charge is -2.28. The smallest absolute Gasteiger partial charge is 0.191 e. The van der Waals surface area contributed by atoms with Gasteiger partial charge in [0.05, 0.1) is 12.6 Å². The molecular weight excluding hydrogens is 405 g/mol. The first-order valence-electron chi connectivity index (χ1n) is 10.7. The number of hydrogen-bond acceptors (Lipinski definition) is 4. The average Bonchev–Trinajstić information content (AvgIpc) is 3.42. The van der Waals surface area contributed by atoms with Crippen molar-refractivity contribution in [2.45, 2.75) is 45.7 Å². The number of hydrogen-bond donors (Lipinski definition) is 2. The zero-order chi connectivity index (χ0) is 21.3. The molecule has 2 heterocycles. The highest BCUT2D eigenvalue weighted by atomic mass is 35.5. The van der Waals surface area contributed by atoms with Crippen LogP contribution in [0, 0.1) is 5.82 Å². The minimum atomic E-state index is -0.271. The second kappa shape index (κ2) is 11.3. The molecule has 1 aliphatic rings. The van der Waals surface area contributed by atoms with E-state index in [4.69, 9.17) is 16.6 Å². The van der Waals surface area contributed by atoms with Crippen molar-refractivity contribution in [3.05, 3.63) is 46.8 Å². The predicted octanol–water partition coefficient (Wildman–Crippen LogP) is 3.03. The van der Waals surface area contributed by atoms with Gasteiger partial charge in [-0.1, -0.05) is 24.6 Å². The SMILES string of the molecule is CCNC(=NCC(c1c(F)cccc1Cl)N1CCCC1)NCCn1cnnc1CC. The number of rotatable bonds is 9. The molecule has 7 nitrogen and oxygen atoms in total. The van der Waals surface area contributed by atoms with Gasteiger partial charge in [-0.2, -0.15) is 0 Å². The van der Waals surface area contributed by atoms with Crippen LogP contribution in [0.5, 0.6) is 0 Å². The van der Waals surface area contributed by atoms with Crippen molar-refractivity contribution in [1.82, 2.24) is 30.3 Å². The molecule has 0 saturated carbocycles. The molecule has 1 aliphatic heterocycles. The first kappa shape index (κ1) is 22.5. The summed E-state index contributed by atoms with van der Waals surface area (Å²) in [5, 5.41) is 15.2. The maximum absolute atomic E-state index is 14.7. The van der Waals surface area contributed by atoms with Crippen LogP contribution >= 0.6 is 11.6 Å². The number of likely N-dealkylation sites (tertiary alicyclic amines) is 1. The van der Waals surface area contributed by atoms with Crippen molar-refractivity contribution in [3.63, 3.8) is 0 Å². The number of aryl methyl sites for hydroxylation is 1. The molecule has 2 N–H and O–H groups in total. The fourth-order valence-electron chi connectivity index (χ4n) is 3.83. The second-order valence-electron chi connectivity index (χ2n) is 7.33. The number of aliphatic imine (C=N–C) groups is 1. The van der Waals surface area contributed by atoms with Crippen LogP contribution in [-0.4, -0.2) is 58.3 Å². The Balaban J connectivity index is 1.70. The number of halogens is 2. The third kappa shape index (κ3) is 5.70. The van der Waals surface area contributed by atoms with Crippen LogP contribution in [0.25, 0.3) is 0 Å². The van der Waals surface area contributed by atoms with Crippen LogP contribution in [0.4, 0.5) is 4.39 Å². The number of benzene rings is 1. The third-order valence-electron chi connectivity index (χ3n) is 5.34. The molecule has 1 fully saturated rings. The first-order valence-corrected chi connectivity index (χ1v) is 11.1. The Bertz CT molecular complexity index is 812. The number of guanidine groups is 1. The molecule has 0 aliphatic carbocycles. The Morgan fingerprint density at radius 1 is 1.27 bits per heavy atom. The summed E-state index contributed by atoms with van der Waals surface area (Å²) < 4.78 is 16.7. The molecule has 9 heteroatoms. The summed E-state index contributed by atoms with van der Waals surface area (Å²) in [5.74, 6) is 1.40. The van der Waals surface area contributed by atoms with E-state index in [-0.39, 0.29) is 11.9 Å². The van der Waals surface area contributed by atoms with Crippen LogP contribution in [-0.2, 0) is 13.0 Å².